The van der Waals surface area contributed by atoms with E-state index in [1.54, 1.807) is 18.2 Å². The second-order valence-corrected chi connectivity index (χ2v) is 4.62. The molecule has 0 aliphatic heterocycles. The highest BCUT2D eigenvalue weighted by Crippen LogP contribution is 2.10. The van der Waals surface area contributed by atoms with Crippen molar-refractivity contribution in [3.8, 4) is 0 Å². The number of benzene rings is 1. The smallest absolute Gasteiger partial charge is 0.251 e. The number of rotatable bonds is 6. The molecule has 2 rings (SSSR count). The van der Waals surface area contributed by atoms with Crippen molar-refractivity contribution in [2.24, 2.45) is 0 Å². The van der Waals surface area contributed by atoms with Crippen LogP contribution in [0.15, 0.2) is 34.9 Å². The highest BCUT2D eigenvalue weighted by atomic mass is 16.5. The Morgan fingerprint density at radius 1 is 1.30 bits per heavy atom. The number of hydrogen-bond acceptors (Lipinski definition) is 4. The van der Waals surface area contributed by atoms with Gasteiger partial charge in [0.05, 0.1) is 6.54 Å². The second-order valence-electron chi connectivity index (χ2n) is 4.62. The molecule has 1 aromatic carbocycles. The average Bonchev–Trinajstić information content (AvgIpc) is 2.89. The molecular weight excluding hydrogens is 254 g/mol. The van der Waals surface area contributed by atoms with E-state index in [2.05, 4.69) is 22.7 Å². The Bertz CT molecular complexity index is 561. The molecule has 0 bridgehead atoms. The molecule has 0 aliphatic rings. The molecule has 2 N–H and O–H groups in total. The molecule has 0 saturated heterocycles. The van der Waals surface area contributed by atoms with Gasteiger partial charge in [-0.15, -0.1) is 0 Å². The van der Waals surface area contributed by atoms with Crippen molar-refractivity contribution in [3.05, 3.63) is 47.3 Å². The van der Waals surface area contributed by atoms with Gasteiger partial charge >= 0.3 is 0 Å². The Morgan fingerprint density at radius 2 is 2.05 bits per heavy atom. The number of amides is 1. The van der Waals surface area contributed by atoms with E-state index in [1.807, 2.05) is 19.1 Å². The molecule has 0 aliphatic carbocycles. The van der Waals surface area contributed by atoms with Crippen LogP contribution in [-0.4, -0.2) is 17.6 Å². The number of carbonyl (C=O) groups is 1. The normalized spacial score (nSPS) is 10.3. The van der Waals surface area contributed by atoms with Gasteiger partial charge in [0.1, 0.15) is 11.5 Å². The zero-order valence-corrected chi connectivity index (χ0v) is 11.8. The molecule has 106 valence electrons. The van der Waals surface area contributed by atoms with E-state index in [9.17, 15) is 4.79 Å². The van der Waals surface area contributed by atoms with E-state index in [-0.39, 0.29) is 5.91 Å². The van der Waals surface area contributed by atoms with Gasteiger partial charge in [-0.3, -0.25) is 4.79 Å². The van der Waals surface area contributed by atoms with Gasteiger partial charge in [0, 0.05) is 23.9 Å². The number of nitrogens with one attached hydrogen (secondary N) is 2. The predicted octanol–water partition coefficient (Wildman–Crippen LogP) is 2.73. The van der Waals surface area contributed by atoms with Crippen molar-refractivity contribution in [3.63, 3.8) is 0 Å². The van der Waals surface area contributed by atoms with E-state index in [4.69, 9.17) is 4.52 Å². The second kappa shape index (κ2) is 6.75. The molecule has 0 unspecified atom stereocenters. The average molecular weight is 273 g/mol. The van der Waals surface area contributed by atoms with Gasteiger partial charge in [-0.1, -0.05) is 12.1 Å². The predicted molar refractivity (Wildman–Crippen MR) is 77.6 cm³/mol. The van der Waals surface area contributed by atoms with Crippen LogP contribution in [0, 0.1) is 6.92 Å². The fourth-order valence-electron chi connectivity index (χ4n) is 1.78. The van der Waals surface area contributed by atoms with E-state index < -0.39 is 0 Å². The van der Waals surface area contributed by atoms with Crippen LogP contribution in [0.1, 0.15) is 35.2 Å². The number of aromatic nitrogens is 1. The third-order valence-electron chi connectivity index (χ3n) is 2.83. The Hall–Kier alpha value is -2.30. The summed E-state index contributed by atoms with van der Waals surface area (Å²) in [5.74, 6) is 0.619. The fraction of sp³-hybridized carbons (Fsp3) is 0.333. The number of carbonyl (C=O) groups excluding carboxylic acids is 1. The molecule has 5 heteroatoms. The minimum Gasteiger partial charge on any atom is -0.385 e. The summed E-state index contributed by atoms with van der Waals surface area (Å²) in [5, 5.41) is 9.91. The summed E-state index contributed by atoms with van der Waals surface area (Å²) in [6, 6.07) is 9.23. The summed E-state index contributed by atoms with van der Waals surface area (Å²) in [7, 11) is 0. The number of anilines is 1. The molecule has 0 atom stereocenters. The third-order valence-corrected chi connectivity index (χ3v) is 2.83. The van der Waals surface area contributed by atoms with E-state index in [0.717, 1.165) is 30.1 Å². The van der Waals surface area contributed by atoms with Gasteiger partial charge in [-0.25, -0.2) is 0 Å². The summed E-state index contributed by atoms with van der Waals surface area (Å²) in [4.78, 5) is 12.0. The van der Waals surface area contributed by atoms with Crippen LogP contribution < -0.4 is 10.6 Å². The van der Waals surface area contributed by atoms with Crippen molar-refractivity contribution in [2.45, 2.75) is 26.8 Å². The topological polar surface area (TPSA) is 67.2 Å². The lowest BCUT2D eigenvalue weighted by Crippen LogP contribution is -2.22. The van der Waals surface area contributed by atoms with Crippen molar-refractivity contribution in [1.29, 1.82) is 0 Å². The zero-order chi connectivity index (χ0) is 14.4. The molecule has 0 saturated carbocycles. The number of aryl methyl sites for hydroxylation is 1. The first kappa shape index (κ1) is 14.1. The first-order chi connectivity index (χ1) is 9.69. The molecule has 0 fully saturated rings. The van der Waals surface area contributed by atoms with E-state index in [0.29, 0.717) is 12.1 Å². The highest BCUT2D eigenvalue weighted by Gasteiger charge is 2.07. The standard InChI is InChI=1S/C15H19N3O2/c1-3-8-16-13-6-4-12(5-7-13)15(19)17-10-14-9-11(2)20-18-14/h4-7,9,16H,3,8,10H2,1-2H3,(H,17,19). The van der Waals surface area contributed by atoms with Crippen molar-refractivity contribution >= 4 is 11.6 Å². The largest absolute Gasteiger partial charge is 0.385 e. The van der Waals surface area contributed by atoms with Crippen LogP contribution in [0.4, 0.5) is 5.69 Å². The van der Waals surface area contributed by atoms with Gasteiger partial charge in [-0.2, -0.15) is 0 Å². The van der Waals surface area contributed by atoms with Crippen molar-refractivity contribution < 1.29 is 9.32 Å². The van der Waals surface area contributed by atoms with Crippen molar-refractivity contribution in [1.82, 2.24) is 10.5 Å². The Morgan fingerprint density at radius 3 is 2.65 bits per heavy atom. The molecule has 1 aromatic heterocycles. The molecule has 20 heavy (non-hydrogen) atoms. The number of nitrogens with zero attached hydrogens (tertiary/aromatic N) is 1. The van der Waals surface area contributed by atoms with Gasteiger partial charge in [0.2, 0.25) is 0 Å². The van der Waals surface area contributed by atoms with Gasteiger partial charge in [0.15, 0.2) is 0 Å². The molecule has 1 heterocycles. The monoisotopic (exact) mass is 273 g/mol. The quantitative estimate of drug-likeness (QED) is 0.849. The maximum Gasteiger partial charge on any atom is 0.251 e. The lowest BCUT2D eigenvalue weighted by atomic mass is 10.2. The van der Waals surface area contributed by atoms with Crippen LogP contribution in [-0.2, 0) is 6.54 Å². The van der Waals surface area contributed by atoms with Crippen LogP contribution in [0.3, 0.4) is 0 Å². The van der Waals surface area contributed by atoms with Gasteiger partial charge in [0.25, 0.3) is 5.91 Å². The number of hydrogen-bond donors (Lipinski definition) is 2. The highest BCUT2D eigenvalue weighted by molar-refractivity contribution is 5.94. The van der Waals surface area contributed by atoms with Gasteiger partial charge in [-0.05, 0) is 37.6 Å². The van der Waals surface area contributed by atoms with Crippen LogP contribution in [0.25, 0.3) is 0 Å². The van der Waals surface area contributed by atoms with Crippen molar-refractivity contribution in [2.75, 3.05) is 11.9 Å². The van der Waals surface area contributed by atoms with Crippen LogP contribution >= 0.6 is 0 Å². The molecule has 5 nitrogen and oxygen atoms in total. The van der Waals surface area contributed by atoms with E-state index >= 15 is 0 Å². The third kappa shape index (κ3) is 3.85. The first-order valence-electron chi connectivity index (χ1n) is 6.73. The summed E-state index contributed by atoms with van der Waals surface area (Å²) >= 11 is 0. The lowest BCUT2D eigenvalue weighted by Gasteiger charge is -2.06. The molecule has 2 aromatic rings. The summed E-state index contributed by atoms with van der Waals surface area (Å²) in [5.41, 5.74) is 2.37. The van der Waals surface area contributed by atoms with Crippen LogP contribution in [0.5, 0.6) is 0 Å². The SMILES string of the molecule is CCCNc1ccc(C(=O)NCc2cc(C)on2)cc1. The Labute approximate surface area is 118 Å². The molecule has 0 radical (unpaired) electrons. The Kier molecular flexibility index (Phi) is 4.76. The molecular formula is C15H19N3O2. The lowest BCUT2D eigenvalue weighted by molar-refractivity contribution is 0.0950. The maximum atomic E-state index is 12.0. The van der Waals surface area contributed by atoms with Gasteiger partial charge < -0.3 is 15.2 Å². The maximum absolute atomic E-state index is 12.0. The minimum atomic E-state index is -0.118. The summed E-state index contributed by atoms with van der Waals surface area (Å²) in [6.07, 6.45) is 1.07. The Balaban J connectivity index is 1.88. The molecule has 0 spiro atoms. The van der Waals surface area contributed by atoms with E-state index in [1.165, 1.54) is 0 Å². The summed E-state index contributed by atoms with van der Waals surface area (Å²) < 4.78 is 4.95. The first-order valence-corrected chi connectivity index (χ1v) is 6.73. The minimum absolute atomic E-state index is 0.118. The van der Waals surface area contributed by atoms with Crippen LogP contribution in [0.2, 0.25) is 0 Å². The summed E-state index contributed by atoms with van der Waals surface area (Å²) in [6.45, 7) is 5.23. The zero-order valence-electron chi connectivity index (χ0n) is 11.8. The molecule has 1 amide bonds. The fourth-order valence-corrected chi connectivity index (χ4v) is 1.78.